The maximum atomic E-state index is 3.66. The molecule has 0 bridgehead atoms. The first-order chi connectivity index (χ1) is 5.99. The molecule has 0 radical (unpaired) electrons. The molecule has 0 saturated heterocycles. The fraction of sp³-hybridized carbons (Fsp3) is 1.00. The first-order valence-corrected chi connectivity index (χ1v) is 7.54. The number of hydrogen-bond donors (Lipinski definition) is 1. The van der Waals surface area contributed by atoms with Crippen molar-refractivity contribution in [3.8, 4) is 0 Å². The Morgan fingerprint density at radius 2 is 1.77 bits per heavy atom. The van der Waals surface area contributed by atoms with Crippen LogP contribution in [0, 0.1) is 0 Å². The summed E-state index contributed by atoms with van der Waals surface area (Å²) < 4.78 is 0. The normalized spacial score (nSPS) is 14.5. The molecule has 1 atom stereocenters. The van der Waals surface area contributed by atoms with E-state index < -0.39 is 0 Å². The van der Waals surface area contributed by atoms with Gasteiger partial charge in [-0.25, -0.2) is 0 Å². The van der Waals surface area contributed by atoms with Crippen LogP contribution in [0.3, 0.4) is 0 Å². The van der Waals surface area contributed by atoms with Crippen molar-refractivity contribution in [1.29, 1.82) is 0 Å². The van der Waals surface area contributed by atoms with E-state index in [1.807, 2.05) is 23.5 Å². The highest BCUT2D eigenvalue weighted by atomic mass is 32.2. The molecule has 0 aromatic carbocycles. The van der Waals surface area contributed by atoms with E-state index in [2.05, 4.69) is 38.6 Å². The highest BCUT2D eigenvalue weighted by molar-refractivity contribution is 7.98. The van der Waals surface area contributed by atoms with Gasteiger partial charge >= 0.3 is 0 Å². The standard InChI is InChI=1S/C10H23NS2/c1-10(2,3)11-9(8-13-5)6-7-12-4/h9,11H,6-8H2,1-5H3. The van der Waals surface area contributed by atoms with E-state index in [0.29, 0.717) is 6.04 Å². The van der Waals surface area contributed by atoms with E-state index in [1.54, 1.807) is 0 Å². The van der Waals surface area contributed by atoms with Crippen molar-refractivity contribution in [1.82, 2.24) is 5.32 Å². The topological polar surface area (TPSA) is 12.0 Å². The number of rotatable bonds is 6. The Morgan fingerprint density at radius 1 is 1.15 bits per heavy atom. The highest BCUT2D eigenvalue weighted by Crippen LogP contribution is 2.10. The minimum Gasteiger partial charge on any atom is -0.308 e. The van der Waals surface area contributed by atoms with Gasteiger partial charge < -0.3 is 5.32 Å². The molecule has 0 rings (SSSR count). The second kappa shape index (κ2) is 7.02. The van der Waals surface area contributed by atoms with Crippen molar-refractivity contribution in [3.05, 3.63) is 0 Å². The highest BCUT2D eigenvalue weighted by Gasteiger charge is 2.15. The van der Waals surface area contributed by atoms with Crippen LogP contribution in [-0.4, -0.2) is 35.6 Å². The van der Waals surface area contributed by atoms with Crippen LogP contribution in [0.2, 0.25) is 0 Å². The third-order valence-electron chi connectivity index (χ3n) is 1.68. The summed E-state index contributed by atoms with van der Waals surface area (Å²) in [7, 11) is 0. The summed E-state index contributed by atoms with van der Waals surface area (Å²) in [6.45, 7) is 6.71. The average Bonchev–Trinajstić information content (AvgIpc) is 1.98. The van der Waals surface area contributed by atoms with Crippen LogP contribution in [0.15, 0.2) is 0 Å². The molecular weight excluding hydrogens is 198 g/mol. The molecule has 0 aromatic rings. The third kappa shape index (κ3) is 8.98. The van der Waals surface area contributed by atoms with E-state index in [4.69, 9.17) is 0 Å². The van der Waals surface area contributed by atoms with Gasteiger partial charge in [0.1, 0.15) is 0 Å². The minimum atomic E-state index is 0.249. The zero-order chi connectivity index (χ0) is 10.3. The molecule has 0 saturated carbocycles. The van der Waals surface area contributed by atoms with Crippen molar-refractivity contribution < 1.29 is 0 Å². The fourth-order valence-corrected chi connectivity index (χ4v) is 2.44. The predicted octanol–water partition coefficient (Wildman–Crippen LogP) is 2.86. The molecular formula is C10H23NS2. The predicted molar refractivity (Wildman–Crippen MR) is 68.1 cm³/mol. The zero-order valence-corrected chi connectivity index (χ0v) is 11.1. The molecule has 0 spiro atoms. The Morgan fingerprint density at radius 3 is 2.15 bits per heavy atom. The Labute approximate surface area is 91.8 Å². The Balaban J connectivity index is 3.79. The molecule has 0 heterocycles. The van der Waals surface area contributed by atoms with Gasteiger partial charge in [0.05, 0.1) is 0 Å². The summed E-state index contributed by atoms with van der Waals surface area (Å²) >= 11 is 3.86. The van der Waals surface area contributed by atoms with Crippen molar-refractivity contribution in [2.75, 3.05) is 24.0 Å². The van der Waals surface area contributed by atoms with Gasteiger partial charge in [0.15, 0.2) is 0 Å². The summed E-state index contributed by atoms with van der Waals surface area (Å²) in [6, 6.07) is 0.669. The Bertz CT molecular complexity index is 121. The largest absolute Gasteiger partial charge is 0.308 e. The quantitative estimate of drug-likeness (QED) is 0.741. The molecule has 1 nitrogen and oxygen atoms in total. The van der Waals surface area contributed by atoms with Gasteiger partial charge in [-0.2, -0.15) is 23.5 Å². The zero-order valence-electron chi connectivity index (χ0n) is 9.52. The SMILES string of the molecule is CSCCC(CSC)NC(C)(C)C. The van der Waals surface area contributed by atoms with Crippen LogP contribution in [0.1, 0.15) is 27.2 Å². The van der Waals surface area contributed by atoms with Gasteiger partial charge in [0, 0.05) is 17.3 Å². The van der Waals surface area contributed by atoms with Gasteiger partial charge in [0.25, 0.3) is 0 Å². The van der Waals surface area contributed by atoms with Gasteiger partial charge in [-0.05, 0) is 45.5 Å². The number of thioether (sulfide) groups is 2. The summed E-state index contributed by atoms with van der Waals surface area (Å²) in [5.41, 5.74) is 0.249. The molecule has 0 aliphatic rings. The van der Waals surface area contributed by atoms with Crippen molar-refractivity contribution in [2.24, 2.45) is 0 Å². The van der Waals surface area contributed by atoms with Crippen LogP contribution in [-0.2, 0) is 0 Å². The van der Waals surface area contributed by atoms with Gasteiger partial charge in [-0.3, -0.25) is 0 Å². The van der Waals surface area contributed by atoms with Gasteiger partial charge in [0.2, 0.25) is 0 Å². The second-order valence-electron chi connectivity index (χ2n) is 4.33. The van der Waals surface area contributed by atoms with E-state index in [0.717, 1.165) is 0 Å². The number of nitrogens with one attached hydrogen (secondary N) is 1. The molecule has 1 unspecified atom stereocenters. The maximum absolute atomic E-state index is 3.66. The Hall–Kier alpha value is 0.660. The smallest absolute Gasteiger partial charge is 0.0170 e. The van der Waals surface area contributed by atoms with Gasteiger partial charge in [-0.1, -0.05) is 0 Å². The van der Waals surface area contributed by atoms with Crippen LogP contribution in [0.4, 0.5) is 0 Å². The first-order valence-electron chi connectivity index (χ1n) is 4.75. The fourth-order valence-electron chi connectivity index (χ4n) is 1.27. The molecule has 1 N–H and O–H groups in total. The van der Waals surface area contributed by atoms with E-state index in [9.17, 15) is 0 Å². The lowest BCUT2D eigenvalue weighted by Gasteiger charge is -2.28. The van der Waals surface area contributed by atoms with Crippen LogP contribution < -0.4 is 5.32 Å². The third-order valence-corrected chi connectivity index (χ3v) is 3.06. The van der Waals surface area contributed by atoms with Crippen LogP contribution in [0.25, 0.3) is 0 Å². The van der Waals surface area contributed by atoms with Crippen molar-refractivity contribution in [2.45, 2.75) is 38.8 Å². The molecule has 13 heavy (non-hydrogen) atoms. The van der Waals surface area contributed by atoms with E-state index in [-0.39, 0.29) is 5.54 Å². The lowest BCUT2D eigenvalue weighted by molar-refractivity contribution is 0.371. The van der Waals surface area contributed by atoms with E-state index >= 15 is 0 Å². The van der Waals surface area contributed by atoms with Crippen molar-refractivity contribution in [3.63, 3.8) is 0 Å². The summed E-state index contributed by atoms with van der Waals surface area (Å²) in [6.07, 6.45) is 5.63. The van der Waals surface area contributed by atoms with Gasteiger partial charge in [-0.15, -0.1) is 0 Å². The van der Waals surface area contributed by atoms with E-state index in [1.165, 1.54) is 17.9 Å². The Kier molecular flexibility index (Phi) is 7.37. The molecule has 0 amide bonds. The first kappa shape index (κ1) is 13.7. The van der Waals surface area contributed by atoms with Crippen LogP contribution >= 0.6 is 23.5 Å². The van der Waals surface area contributed by atoms with Crippen molar-refractivity contribution >= 4 is 23.5 Å². The summed E-state index contributed by atoms with van der Waals surface area (Å²) in [5.74, 6) is 2.48. The second-order valence-corrected chi connectivity index (χ2v) is 6.22. The summed E-state index contributed by atoms with van der Waals surface area (Å²) in [5, 5.41) is 3.66. The number of hydrogen-bond acceptors (Lipinski definition) is 3. The monoisotopic (exact) mass is 221 g/mol. The molecule has 0 fully saturated rings. The lowest BCUT2D eigenvalue weighted by atomic mass is 10.1. The minimum absolute atomic E-state index is 0.249. The molecule has 3 heteroatoms. The summed E-state index contributed by atoms with van der Waals surface area (Å²) in [4.78, 5) is 0. The lowest BCUT2D eigenvalue weighted by Crippen LogP contribution is -2.45. The maximum Gasteiger partial charge on any atom is 0.0170 e. The van der Waals surface area contributed by atoms with Crippen LogP contribution in [0.5, 0.6) is 0 Å². The molecule has 0 aliphatic heterocycles. The average molecular weight is 221 g/mol. The molecule has 0 aliphatic carbocycles. The molecule has 0 aromatic heterocycles. The molecule has 80 valence electrons.